The van der Waals surface area contributed by atoms with E-state index in [1.54, 1.807) is 6.07 Å². The van der Waals surface area contributed by atoms with Crippen LogP contribution < -0.4 is 22.3 Å². The number of rotatable bonds is 4. The maximum absolute atomic E-state index is 12.9. The molecular formula is C16H14IN5O2. The molecule has 2 aromatic carbocycles. The second-order valence-corrected chi connectivity index (χ2v) is 6.25. The van der Waals surface area contributed by atoms with Gasteiger partial charge in [0.2, 0.25) is 0 Å². The first-order valence-corrected chi connectivity index (χ1v) is 8.19. The molecule has 0 aliphatic carbocycles. The average molecular weight is 435 g/mol. The highest BCUT2D eigenvalue weighted by Crippen LogP contribution is 2.19. The summed E-state index contributed by atoms with van der Waals surface area (Å²) in [4.78, 5) is 28.9. The molecule has 4 N–H and O–H groups in total. The molecule has 0 aliphatic rings. The first kappa shape index (κ1) is 16.4. The number of carbonyl (C=O) groups excluding carboxylic acids is 1. The van der Waals surface area contributed by atoms with Gasteiger partial charge in [0.25, 0.3) is 11.5 Å². The zero-order valence-electron chi connectivity index (χ0n) is 12.5. The van der Waals surface area contributed by atoms with Crippen molar-refractivity contribution >= 4 is 39.4 Å². The van der Waals surface area contributed by atoms with Gasteiger partial charge in [0.15, 0.2) is 5.82 Å². The lowest BCUT2D eigenvalue weighted by atomic mass is 10.2. The van der Waals surface area contributed by atoms with E-state index in [1.165, 1.54) is 4.68 Å². The summed E-state index contributed by atoms with van der Waals surface area (Å²) in [6.07, 6.45) is 0. The Labute approximate surface area is 151 Å². The number of fused-ring (bicyclic) bond motifs is 1. The summed E-state index contributed by atoms with van der Waals surface area (Å²) in [5.74, 6) is 5.08. The van der Waals surface area contributed by atoms with Crippen molar-refractivity contribution in [3.8, 4) is 11.4 Å². The summed E-state index contributed by atoms with van der Waals surface area (Å²) in [7, 11) is 0. The van der Waals surface area contributed by atoms with E-state index >= 15 is 0 Å². The van der Waals surface area contributed by atoms with Gasteiger partial charge in [-0.05, 0) is 40.8 Å². The summed E-state index contributed by atoms with van der Waals surface area (Å²) in [6.45, 7) is -0.145. The minimum Gasteiger partial charge on any atom is -0.312 e. The number of aromatic nitrogens is 2. The van der Waals surface area contributed by atoms with Crippen molar-refractivity contribution < 1.29 is 4.79 Å². The summed E-state index contributed by atoms with van der Waals surface area (Å²) in [6, 6.07) is 14.8. The van der Waals surface area contributed by atoms with Crippen molar-refractivity contribution in [1.29, 1.82) is 0 Å². The Morgan fingerprint density at radius 1 is 1.21 bits per heavy atom. The third-order valence-electron chi connectivity index (χ3n) is 3.42. The van der Waals surface area contributed by atoms with Crippen molar-refractivity contribution in [2.45, 2.75) is 0 Å². The molecule has 8 heteroatoms. The fourth-order valence-electron chi connectivity index (χ4n) is 2.29. The summed E-state index contributed by atoms with van der Waals surface area (Å²) in [5, 5.41) is 0.474. The second-order valence-electron chi connectivity index (χ2n) is 5.01. The van der Waals surface area contributed by atoms with E-state index in [1.807, 2.05) is 47.9 Å². The van der Waals surface area contributed by atoms with Gasteiger partial charge in [-0.1, -0.05) is 30.3 Å². The molecule has 0 unspecified atom stereocenters. The lowest BCUT2D eigenvalue weighted by Crippen LogP contribution is -2.40. The van der Waals surface area contributed by atoms with Crippen LogP contribution in [0.25, 0.3) is 22.3 Å². The summed E-state index contributed by atoms with van der Waals surface area (Å²) >= 11 is 2.14. The van der Waals surface area contributed by atoms with Gasteiger partial charge in [0, 0.05) is 9.13 Å². The van der Waals surface area contributed by atoms with E-state index in [0.717, 1.165) is 9.13 Å². The van der Waals surface area contributed by atoms with Crippen LogP contribution in [0.3, 0.4) is 0 Å². The Morgan fingerprint density at radius 2 is 1.96 bits per heavy atom. The van der Waals surface area contributed by atoms with Crippen molar-refractivity contribution in [2.75, 3.05) is 12.0 Å². The van der Waals surface area contributed by atoms with Gasteiger partial charge in [-0.2, -0.15) is 0 Å². The van der Waals surface area contributed by atoms with Crippen LogP contribution >= 0.6 is 22.6 Å². The number of hydrogen-bond donors (Lipinski definition) is 3. The number of nitrogens with two attached hydrogens (primary N) is 1. The highest BCUT2D eigenvalue weighted by molar-refractivity contribution is 14.1. The van der Waals surface area contributed by atoms with Crippen LogP contribution in [-0.4, -0.2) is 22.1 Å². The SMILES string of the molecule is NNC(=O)CNn1c(-c2ccccc2)nc2ccc(I)cc2c1=O. The van der Waals surface area contributed by atoms with Crippen molar-refractivity contribution in [2.24, 2.45) is 5.84 Å². The fourth-order valence-corrected chi connectivity index (χ4v) is 2.78. The quantitative estimate of drug-likeness (QED) is 0.248. The van der Waals surface area contributed by atoms with Gasteiger partial charge in [-0.3, -0.25) is 15.0 Å². The Balaban J connectivity index is 2.22. The molecule has 0 atom stereocenters. The van der Waals surface area contributed by atoms with Gasteiger partial charge in [0.1, 0.15) is 6.54 Å². The second kappa shape index (κ2) is 6.97. The van der Waals surface area contributed by atoms with Gasteiger partial charge in [0.05, 0.1) is 10.9 Å². The molecule has 0 saturated heterocycles. The minimum absolute atomic E-state index is 0.145. The van der Waals surface area contributed by atoms with Crippen molar-refractivity contribution in [3.05, 3.63) is 62.5 Å². The topological polar surface area (TPSA) is 102 Å². The molecule has 0 saturated carbocycles. The highest BCUT2D eigenvalue weighted by atomic mass is 127. The van der Waals surface area contributed by atoms with Gasteiger partial charge < -0.3 is 5.43 Å². The fraction of sp³-hybridized carbons (Fsp3) is 0.0625. The van der Waals surface area contributed by atoms with Crippen LogP contribution in [0.4, 0.5) is 0 Å². The van der Waals surface area contributed by atoms with Crippen LogP contribution in [0.1, 0.15) is 0 Å². The smallest absolute Gasteiger partial charge is 0.280 e. The molecule has 0 bridgehead atoms. The maximum Gasteiger partial charge on any atom is 0.280 e. The number of hydrazine groups is 1. The van der Waals surface area contributed by atoms with E-state index in [4.69, 9.17) is 5.84 Å². The van der Waals surface area contributed by atoms with Crippen molar-refractivity contribution in [1.82, 2.24) is 15.1 Å². The van der Waals surface area contributed by atoms with Crippen LogP contribution in [0.5, 0.6) is 0 Å². The largest absolute Gasteiger partial charge is 0.312 e. The number of benzene rings is 2. The molecular weight excluding hydrogens is 421 g/mol. The third kappa shape index (κ3) is 3.24. The Bertz CT molecular complexity index is 956. The van der Waals surface area contributed by atoms with Gasteiger partial charge in [-0.15, -0.1) is 0 Å². The Hall–Kier alpha value is -2.46. The maximum atomic E-state index is 12.9. The molecule has 0 spiro atoms. The molecule has 1 heterocycles. The number of hydrogen-bond acceptors (Lipinski definition) is 5. The van der Waals surface area contributed by atoms with Crippen LogP contribution in [0, 0.1) is 3.57 Å². The van der Waals surface area contributed by atoms with E-state index in [0.29, 0.717) is 16.7 Å². The van der Waals surface area contributed by atoms with E-state index in [9.17, 15) is 9.59 Å². The number of nitrogens with one attached hydrogen (secondary N) is 2. The molecule has 1 amide bonds. The van der Waals surface area contributed by atoms with E-state index in [-0.39, 0.29) is 12.1 Å². The van der Waals surface area contributed by atoms with E-state index < -0.39 is 5.91 Å². The third-order valence-corrected chi connectivity index (χ3v) is 4.09. The van der Waals surface area contributed by atoms with Crippen LogP contribution in [0.15, 0.2) is 53.3 Å². The zero-order chi connectivity index (χ0) is 17.1. The number of halogens is 1. The van der Waals surface area contributed by atoms with Gasteiger partial charge >= 0.3 is 0 Å². The zero-order valence-corrected chi connectivity index (χ0v) is 14.6. The van der Waals surface area contributed by atoms with Gasteiger partial charge in [-0.25, -0.2) is 15.5 Å². The summed E-state index contributed by atoms with van der Waals surface area (Å²) in [5.41, 5.74) is 5.89. The minimum atomic E-state index is -0.441. The lowest BCUT2D eigenvalue weighted by Gasteiger charge is -2.15. The molecule has 0 aliphatic heterocycles. The highest BCUT2D eigenvalue weighted by Gasteiger charge is 2.13. The van der Waals surface area contributed by atoms with Crippen LogP contribution in [-0.2, 0) is 4.79 Å². The molecule has 24 heavy (non-hydrogen) atoms. The number of nitrogens with zero attached hydrogens (tertiary/aromatic N) is 2. The standard InChI is InChI=1S/C16H14IN5O2/c17-11-6-7-13-12(8-11)16(24)22(19-9-14(23)21-18)15(20-13)10-4-2-1-3-5-10/h1-8,19H,9,18H2,(H,21,23). The molecule has 122 valence electrons. The molecule has 3 aromatic rings. The Morgan fingerprint density at radius 3 is 2.67 bits per heavy atom. The first-order chi connectivity index (χ1) is 11.6. The molecule has 0 fully saturated rings. The number of amides is 1. The first-order valence-electron chi connectivity index (χ1n) is 7.11. The lowest BCUT2D eigenvalue weighted by molar-refractivity contribution is -0.119. The average Bonchev–Trinajstić information content (AvgIpc) is 2.61. The predicted molar refractivity (Wildman–Crippen MR) is 101 cm³/mol. The van der Waals surface area contributed by atoms with E-state index in [2.05, 4.69) is 33.0 Å². The Kier molecular flexibility index (Phi) is 4.76. The number of carbonyl (C=O) groups is 1. The molecule has 0 radical (unpaired) electrons. The summed E-state index contributed by atoms with van der Waals surface area (Å²) < 4.78 is 2.21. The molecule has 1 aromatic heterocycles. The molecule has 3 rings (SSSR count). The van der Waals surface area contributed by atoms with Crippen LogP contribution in [0.2, 0.25) is 0 Å². The monoisotopic (exact) mass is 435 g/mol. The van der Waals surface area contributed by atoms with Crippen molar-refractivity contribution in [3.63, 3.8) is 0 Å². The molecule has 7 nitrogen and oxygen atoms in total. The normalized spacial score (nSPS) is 10.6. The predicted octanol–water partition coefficient (Wildman–Crippen LogP) is 1.20.